The summed E-state index contributed by atoms with van der Waals surface area (Å²) in [5.41, 5.74) is 2.46. The molecular weight excluding hydrogens is 134 g/mol. The molecule has 64 valence electrons. The highest BCUT2D eigenvalue weighted by atomic mass is 14.7. The summed E-state index contributed by atoms with van der Waals surface area (Å²) >= 11 is 0. The molecule has 0 fully saturated rings. The van der Waals surface area contributed by atoms with Gasteiger partial charge in [0.05, 0.1) is 0 Å². The standard InChI is InChI=1S/C10H19N/c1-5-8-10(7-3)11-9(4)6-2/h7H,5-6,8H2,1-4H3/b10-7-,11-9?. The number of hydrogen-bond donors (Lipinski definition) is 0. The van der Waals surface area contributed by atoms with Gasteiger partial charge < -0.3 is 0 Å². The molecule has 0 radical (unpaired) electrons. The molecule has 11 heavy (non-hydrogen) atoms. The number of allylic oxidation sites excluding steroid dienone is 2. The van der Waals surface area contributed by atoms with Gasteiger partial charge in [-0.05, 0) is 26.7 Å². The van der Waals surface area contributed by atoms with E-state index < -0.39 is 0 Å². The second kappa shape index (κ2) is 6.14. The highest BCUT2D eigenvalue weighted by Gasteiger charge is 1.91. The summed E-state index contributed by atoms with van der Waals surface area (Å²) in [5.74, 6) is 0. The first-order chi connectivity index (χ1) is 5.24. The van der Waals surface area contributed by atoms with Crippen molar-refractivity contribution in [2.45, 2.75) is 47.0 Å². The zero-order valence-electron chi connectivity index (χ0n) is 8.15. The van der Waals surface area contributed by atoms with E-state index in [-0.39, 0.29) is 0 Å². The molecule has 1 heteroatoms. The van der Waals surface area contributed by atoms with Crippen LogP contribution in [0.2, 0.25) is 0 Å². The molecule has 0 heterocycles. The Labute approximate surface area is 70.2 Å². The van der Waals surface area contributed by atoms with E-state index in [1.54, 1.807) is 0 Å². The van der Waals surface area contributed by atoms with Gasteiger partial charge in [0, 0.05) is 11.4 Å². The summed E-state index contributed by atoms with van der Waals surface area (Å²) in [6.45, 7) is 8.45. The van der Waals surface area contributed by atoms with E-state index >= 15 is 0 Å². The molecule has 0 N–H and O–H groups in total. The zero-order valence-corrected chi connectivity index (χ0v) is 8.15. The molecule has 0 saturated carbocycles. The van der Waals surface area contributed by atoms with E-state index in [4.69, 9.17) is 0 Å². The van der Waals surface area contributed by atoms with Gasteiger partial charge in [-0.25, -0.2) is 0 Å². The maximum Gasteiger partial charge on any atom is 0.0360 e. The highest BCUT2D eigenvalue weighted by molar-refractivity contribution is 5.82. The first-order valence-corrected chi connectivity index (χ1v) is 4.43. The number of hydrogen-bond acceptors (Lipinski definition) is 1. The molecule has 0 spiro atoms. The molecule has 0 aromatic heterocycles. The van der Waals surface area contributed by atoms with Crippen molar-refractivity contribution in [3.63, 3.8) is 0 Å². The Morgan fingerprint density at radius 1 is 1.36 bits per heavy atom. The Balaban J connectivity index is 4.07. The topological polar surface area (TPSA) is 12.4 Å². The molecule has 0 rings (SSSR count). The Morgan fingerprint density at radius 2 is 2.00 bits per heavy atom. The average molecular weight is 153 g/mol. The summed E-state index contributed by atoms with van der Waals surface area (Å²) in [7, 11) is 0. The van der Waals surface area contributed by atoms with Crippen LogP contribution in [0.1, 0.15) is 47.0 Å². The minimum absolute atomic E-state index is 1.06. The maximum absolute atomic E-state index is 4.48. The minimum Gasteiger partial charge on any atom is -0.263 e. The van der Waals surface area contributed by atoms with E-state index in [1.807, 2.05) is 0 Å². The fourth-order valence-corrected chi connectivity index (χ4v) is 0.845. The lowest BCUT2D eigenvalue weighted by atomic mass is 10.2. The lowest BCUT2D eigenvalue weighted by molar-refractivity contribution is 0.888. The first-order valence-electron chi connectivity index (χ1n) is 4.43. The van der Waals surface area contributed by atoms with Crippen molar-refractivity contribution in [2.75, 3.05) is 0 Å². The molecule has 1 nitrogen and oxygen atoms in total. The fourth-order valence-electron chi connectivity index (χ4n) is 0.845. The second-order valence-electron chi connectivity index (χ2n) is 2.73. The lowest BCUT2D eigenvalue weighted by Gasteiger charge is -1.99. The van der Waals surface area contributed by atoms with Crippen LogP contribution in [0.15, 0.2) is 16.8 Å². The first kappa shape index (κ1) is 10.4. The number of aliphatic imine (C=N–C) groups is 1. The van der Waals surface area contributed by atoms with Crippen LogP contribution in [0.4, 0.5) is 0 Å². The normalized spacial score (nSPS) is 13.8. The van der Waals surface area contributed by atoms with Gasteiger partial charge in [-0.3, -0.25) is 4.99 Å². The second-order valence-corrected chi connectivity index (χ2v) is 2.73. The Morgan fingerprint density at radius 3 is 2.36 bits per heavy atom. The third-order valence-corrected chi connectivity index (χ3v) is 1.69. The van der Waals surface area contributed by atoms with E-state index in [0.717, 1.165) is 12.8 Å². The maximum atomic E-state index is 4.48. The van der Waals surface area contributed by atoms with Crippen LogP contribution in [0.25, 0.3) is 0 Å². The van der Waals surface area contributed by atoms with Crippen LogP contribution in [0, 0.1) is 0 Å². The summed E-state index contributed by atoms with van der Waals surface area (Å²) < 4.78 is 0. The number of rotatable bonds is 4. The smallest absolute Gasteiger partial charge is 0.0360 e. The summed E-state index contributed by atoms with van der Waals surface area (Å²) in [5, 5.41) is 0. The van der Waals surface area contributed by atoms with Gasteiger partial charge >= 0.3 is 0 Å². The molecule has 0 bridgehead atoms. The van der Waals surface area contributed by atoms with E-state index in [9.17, 15) is 0 Å². The van der Waals surface area contributed by atoms with Gasteiger partial charge in [0.2, 0.25) is 0 Å². The lowest BCUT2D eigenvalue weighted by Crippen LogP contribution is -1.89. The van der Waals surface area contributed by atoms with Crippen LogP contribution in [0.3, 0.4) is 0 Å². The number of nitrogens with zero attached hydrogens (tertiary/aromatic N) is 1. The van der Waals surface area contributed by atoms with E-state index in [0.29, 0.717) is 0 Å². The van der Waals surface area contributed by atoms with Crippen molar-refractivity contribution < 1.29 is 0 Å². The molecule has 0 aliphatic rings. The van der Waals surface area contributed by atoms with Gasteiger partial charge in [0.1, 0.15) is 0 Å². The van der Waals surface area contributed by atoms with Crippen molar-refractivity contribution in [1.29, 1.82) is 0 Å². The van der Waals surface area contributed by atoms with Crippen molar-refractivity contribution in [3.05, 3.63) is 11.8 Å². The molecule has 0 amide bonds. The SMILES string of the molecule is C/C=C(/CCC)N=C(C)CC. The summed E-state index contributed by atoms with van der Waals surface area (Å²) in [4.78, 5) is 4.48. The van der Waals surface area contributed by atoms with E-state index in [1.165, 1.54) is 17.8 Å². The van der Waals surface area contributed by atoms with Crippen molar-refractivity contribution in [2.24, 2.45) is 4.99 Å². The molecule has 0 unspecified atom stereocenters. The van der Waals surface area contributed by atoms with Crippen LogP contribution >= 0.6 is 0 Å². The van der Waals surface area contributed by atoms with Crippen molar-refractivity contribution >= 4 is 5.71 Å². The predicted molar refractivity (Wildman–Crippen MR) is 52.1 cm³/mol. The van der Waals surface area contributed by atoms with Gasteiger partial charge in [0.15, 0.2) is 0 Å². The molecule has 0 aliphatic carbocycles. The third-order valence-electron chi connectivity index (χ3n) is 1.69. The van der Waals surface area contributed by atoms with E-state index in [2.05, 4.69) is 38.8 Å². The average Bonchev–Trinajstić information content (AvgIpc) is 2.03. The third kappa shape index (κ3) is 4.77. The quantitative estimate of drug-likeness (QED) is 0.547. The Kier molecular flexibility index (Phi) is 5.81. The van der Waals surface area contributed by atoms with Crippen LogP contribution in [0.5, 0.6) is 0 Å². The molecule has 0 atom stereocenters. The molecule has 0 aliphatic heterocycles. The molecule has 0 aromatic carbocycles. The Hall–Kier alpha value is -0.590. The Bertz CT molecular complexity index is 154. The minimum atomic E-state index is 1.06. The molecular formula is C10H19N. The van der Waals surface area contributed by atoms with Crippen LogP contribution in [-0.2, 0) is 0 Å². The van der Waals surface area contributed by atoms with Crippen molar-refractivity contribution in [3.8, 4) is 0 Å². The zero-order chi connectivity index (χ0) is 8.69. The van der Waals surface area contributed by atoms with Crippen LogP contribution < -0.4 is 0 Å². The predicted octanol–water partition coefficient (Wildman–Crippen LogP) is 3.56. The highest BCUT2D eigenvalue weighted by Crippen LogP contribution is 2.06. The van der Waals surface area contributed by atoms with Gasteiger partial charge in [-0.1, -0.05) is 26.3 Å². The van der Waals surface area contributed by atoms with Crippen molar-refractivity contribution in [1.82, 2.24) is 0 Å². The van der Waals surface area contributed by atoms with Gasteiger partial charge in [-0.15, -0.1) is 0 Å². The summed E-state index contributed by atoms with van der Waals surface area (Å²) in [6.07, 6.45) is 5.44. The largest absolute Gasteiger partial charge is 0.263 e. The van der Waals surface area contributed by atoms with Gasteiger partial charge in [-0.2, -0.15) is 0 Å². The molecule has 0 saturated heterocycles. The summed E-state index contributed by atoms with van der Waals surface area (Å²) in [6, 6.07) is 0. The monoisotopic (exact) mass is 153 g/mol. The van der Waals surface area contributed by atoms with Crippen LogP contribution in [-0.4, -0.2) is 5.71 Å². The van der Waals surface area contributed by atoms with Gasteiger partial charge in [0.25, 0.3) is 0 Å². The molecule has 0 aromatic rings. The fraction of sp³-hybridized carbons (Fsp3) is 0.700.